The van der Waals surface area contributed by atoms with Crippen molar-refractivity contribution in [2.45, 2.75) is 18.9 Å². The van der Waals surface area contributed by atoms with Crippen LogP contribution in [0.15, 0.2) is 60.9 Å². The lowest BCUT2D eigenvalue weighted by molar-refractivity contribution is -0.132. The average molecular weight is 371 g/mol. The minimum atomic E-state index is 0.177. The molecule has 0 radical (unpaired) electrons. The maximum Gasteiger partial charge on any atom is 0.222 e. The Kier molecular flexibility index (Phi) is 3.97. The predicted octanol–water partition coefficient (Wildman–Crippen LogP) is 3.89. The van der Waals surface area contributed by atoms with Crippen LogP contribution in [0.25, 0.3) is 33.8 Å². The SMILES string of the molecule is CN1C[C@H](n2cnc(-c3ccccc3)c2-c2nc3ccccc3[nH]2)CCC1=O. The van der Waals surface area contributed by atoms with E-state index in [4.69, 9.17) is 9.97 Å². The van der Waals surface area contributed by atoms with Gasteiger partial charge in [0.2, 0.25) is 5.91 Å². The summed E-state index contributed by atoms with van der Waals surface area (Å²) < 4.78 is 2.18. The van der Waals surface area contributed by atoms with Gasteiger partial charge in [0.05, 0.1) is 29.1 Å². The number of amides is 1. The predicted molar refractivity (Wildman–Crippen MR) is 109 cm³/mol. The molecule has 0 aliphatic carbocycles. The first kappa shape index (κ1) is 16.7. The number of nitrogens with one attached hydrogen (secondary N) is 1. The number of hydrogen-bond donors (Lipinski definition) is 1. The number of likely N-dealkylation sites (N-methyl/N-ethyl adjacent to an activating group) is 1. The molecule has 1 saturated heterocycles. The van der Waals surface area contributed by atoms with E-state index >= 15 is 0 Å². The summed E-state index contributed by atoms with van der Waals surface area (Å²) in [7, 11) is 1.87. The van der Waals surface area contributed by atoms with Crippen molar-refractivity contribution in [2.24, 2.45) is 0 Å². The van der Waals surface area contributed by atoms with Crippen LogP contribution in [0, 0.1) is 0 Å². The molecule has 28 heavy (non-hydrogen) atoms. The van der Waals surface area contributed by atoms with E-state index in [1.807, 2.05) is 55.8 Å². The van der Waals surface area contributed by atoms with E-state index in [0.717, 1.165) is 40.2 Å². The smallest absolute Gasteiger partial charge is 0.222 e. The third-order valence-electron chi connectivity index (χ3n) is 5.45. The summed E-state index contributed by atoms with van der Waals surface area (Å²) in [5.74, 6) is 1.00. The van der Waals surface area contributed by atoms with Crippen LogP contribution in [0.3, 0.4) is 0 Å². The van der Waals surface area contributed by atoms with Gasteiger partial charge in [0.15, 0.2) is 5.82 Å². The largest absolute Gasteiger partial charge is 0.344 e. The van der Waals surface area contributed by atoms with Crippen molar-refractivity contribution in [3.63, 3.8) is 0 Å². The maximum absolute atomic E-state index is 12.0. The molecule has 0 saturated carbocycles. The van der Waals surface area contributed by atoms with Crippen LogP contribution in [-0.4, -0.2) is 43.9 Å². The van der Waals surface area contributed by atoms with Crippen molar-refractivity contribution < 1.29 is 4.79 Å². The number of carbonyl (C=O) groups is 1. The van der Waals surface area contributed by atoms with Gasteiger partial charge in [0.1, 0.15) is 5.69 Å². The Bertz CT molecular complexity index is 1110. The molecule has 1 fully saturated rings. The second-order valence-electron chi connectivity index (χ2n) is 7.28. The van der Waals surface area contributed by atoms with Gasteiger partial charge in [0.25, 0.3) is 0 Å². The number of fused-ring (bicyclic) bond motifs is 1. The summed E-state index contributed by atoms with van der Waals surface area (Å²) in [6.07, 6.45) is 3.25. The number of piperidine rings is 1. The normalized spacial score (nSPS) is 17.4. The maximum atomic E-state index is 12.0. The van der Waals surface area contributed by atoms with Crippen LogP contribution in [0.4, 0.5) is 0 Å². The van der Waals surface area contributed by atoms with Crippen LogP contribution in [0.1, 0.15) is 18.9 Å². The number of carbonyl (C=O) groups excluding carboxylic acids is 1. The molecular formula is C22H21N5O. The quantitative estimate of drug-likeness (QED) is 0.594. The number of imidazole rings is 2. The highest BCUT2D eigenvalue weighted by molar-refractivity contribution is 5.83. The number of aromatic nitrogens is 4. The van der Waals surface area contributed by atoms with Crippen LogP contribution in [-0.2, 0) is 4.79 Å². The molecule has 3 heterocycles. The number of nitrogens with zero attached hydrogens (tertiary/aromatic N) is 4. The van der Waals surface area contributed by atoms with Gasteiger partial charge < -0.3 is 14.5 Å². The molecule has 0 bridgehead atoms. The number of benzene rings is 2. The highest BCUT2D eigenvalue weighted by Gasteiger charge is 2.28. The Labute approximate surface area is 162 Å². The first-order chi connectivity index (χ1) is 13.7. The number of rotatable bonds is 3. The lowest BCUT2D eigenvalue weighted by Gasteiger charge is -2.31. The van der Waals surface area contributed by atoms with Crippen molar-refractivity contribution in [3.05, 3.63) is 60.9 Å². The molecule has 2 aromatic carbocycles. The molecule has 6 nitrogen and oxygen atoms in total. The van der Waals surface area contributed by atoms with Gasteiger partial charge in [0, 0.05) is 25.6 Å². The number of para-hydroxylation sites is 2. The molecule has 6 heteroatoms. The summed E-state index contributed by atoms with van der Waals surface area (Å²) in [6.45, 7) is 0.677. The fraction of sp³-hybridized carbons (Fsp3) is 0.227. The molecule has 1 aliphatic rings. The summed E-state index contributed by atoms with van der Waals surface area (Å²) in [5.41, 5.74) is 4.85. The Balaban J connectivity index is 1.67. The third-order valence-corrected chi connectivity index (χ3v) is 5.45. The van der Waals surface area contributed by atoms with Crippen molar-refractivity contribution in [1.82, 2.24) is 24.4 Å². The molecule has 0 spiro atoms. The molecule has 5 rings (SSSR count). The molecule has 1 N–H and O–H groups in total. The molecule has 0 unspecified atom stereocenters. The van der Waals surface area contributed by atoms with Crippen molar-refractivity contribution in [3.8, 4) is 22.8 Å². The molecule has 2 aromatic heterocycles. The van der Waals surface area contributed by atoms with E-state index in [-0.39, 0.29) is 11.9 Å². The van der Waals surface area contributed by atoms with Crippen LogP contribution >= 0.6 is 0 Å². The monoisotopic (exact) mass is 371 g/mol. The van der Waals surface area contributed by atoms with E-state index in [2.05, 4.69) is 21.7 Å². The first-order valence-electron chi connectivity index (χ1n) is 9.52. The van der Waals surface area contributed by atoms with E-state index in [9.17, 15) is 4.79 Å². The van der Waals surface area contributed by atoms with Gasteiger partial charge in [-0.15, -0.1) is 0 Å². The van der Waals surface area contributed by atoms with E-state index in [1.165, 1.54) is 0 Å². The van der Waals surface area contributed by atoms with Crippen molar-refractivity contribution in [1.29, 1.82) is 0 Å². The number of aromatic amines is 1. The Morgan fingerprint density at radius 2 is 1.86 bits per heavy atom. The van der Waals surface area contributed by atoms with Gasteiger partial charge in [-0.1, -0.05) is 42.5 Å². The molecule has 1 aliphatic heterocycles. The summed E-state index contributed by atoms with van der Waals surface area (Å²) >= 11 is 0. The molecule has 1 atom stereocenters. The second kappa shape index (κ2) is 6.64. The summed E-state index contributed by atoms with van der Waals surface area (Å²) in [6, 6.07) is 18.4. The van der Waals surface area contributed by atoms with Gasteiger partial charge in [-0.25, -0.2) is 9.97 Å². The fourth-order valence-corrected chi connectivity index (χ4v) is 3.96. The molecule has 4 aromatic rings. The second-order valence-corrected chi connectivity index (χ2v) is 7.28. The lowest BCUT2D eigenvalue weighted by atomic mass is 10.0. The molecular weight excluding hydrogens is 350 g/mol. The topological polar surface area (TPSA) is 66.8 Å². The molecule has 1 amide bonds. The zero-order chi connectivity index (χ0) is 19.1. The number of H-pyrrole nitrogens is 1. The van der Waals surface area contributed by atoms with Gasteiger partial charge in [-0.3, -0.25) is 4.79 Å². The Hall–Kier alpha value is -3.41. The zero-order valence-electron chi connectivity index (χ0n) is 15.7. The van der Waals surface area contributed by atoms with Crippen LogP contribution in [0.2, 0.25) is 0 Å². The van der Waals surface area contributed by atoms with Gasteiger partial charge in [-0.2, -0.15) is 0 Å². The number of likely N-dealkylation sites (tertiary alicyclic amines) is 1. The standard InChI is InChI=1S/C22H21N5O/c1-26-13-16(11-12-19(26)28)27-14-23-20(15-7-3-2-4-8-15)21(27)22-24-17-9-5-6-10-18(17)25-22/h2-10,14,16H,11-13H2,1H3,(H,24,25)/t16-/m1/s1. The van der Waals surface area contributed by atoms with E-state index in [0.29, 0.717) is 13.0 Å². The van der Waals surface area contributed by atoms with E-state index < -0.39 is 0 Å². The molecule has 140 valence electrons. The Morgan fingerprint density at radius 1 is 1.07 bits per heavy atom. The van der Waals surface area contributed by atoms with Crippen LogP contribution in [0.5, 0.6) is 0 Å². The van der Waals surface area contributed by atoms with Gasteiger partial charge in [-0.05, 0) is 18.6 Å². The lowest BCUT2D eigenvalue weighted by Crippen LogP contribution is -2.37. The fourth-order valence-electron chi connectivity index (χ4n) is 3.96. The zero-order valence-corrected chi connectivity index (χ0v) is 15.7. The Morgan fingerprint density at radius 3 is 2.64 bits per heavy atom. The first-order valence-corrected chi connectivity index (χ1v) is 9.52. The van der Waals surface area contributed by atoms with E-state index in [1.54, 1.807) is 4.90 Å². The summed E-state index contributed by atoms with van der Waals surface area (Å²) in [5, 5.41) is 0. The highest BCUT2D eigenvalue weighted by Crippen LogP contribution is 2.35. The minimum Gasteiger partial charge on any atom is -0.344 e. The van der Waals surface area contributed by atoms with Gasteiger partial charge >= 0.3 is 0 Å². The highest BCUT2D eigenvalue weighted by atomic mass is 16.2. The minimum absolute atomic E-state index is 0.177. The van der Waals surface area contributed by atoms with Crippen LogP contribution < -0.4 is 0 Å². The average Bonchev–Trinajstić information content (AvgIpc) is 3.34. The number of hydrogen-bond acceptors (Lipinski definition) is 3. The van der Waals surface area contributed by atoms with Crippen molar-refractivity contribution >= 4 is 16.9 Å². The third kappa shape index (κ3) is 2.78. The van der Waals surface area contributed by atoms with Crippen molar-refractivity contribution in [2.75, 3.05) is 13.6 Å². The summed E-state index contributed by atoms with van der Waals surface area (Å²) in [4.78, 5) is 26.8.